The van der Waals surface area contributed by atoms with Crippen LogP contribution < -0.4 is 5.73 Å². The van der Waals surface area contributed by atoms with Gasteiger partial charge in [0.1, 0.15) is 11.5 Å². The molecule has 1 aromatic rings. The van der Waals surface area contributed by atoms with E-state index in [1.54, 1.807) is 6.07 Å². The first-order valence-corrected chi connectivity index (χ1v) is 8.66. The molecule has 0 radical (unpaired) electrons. The lowest BCUT2D eigenvalue weighted by atomic mass is 9.52. The van der Waals surface area contributed by atoms with Gasteiger partial charge in [-0.25, -0.2) is 0 Å². The third kappa shape index (κ3) is 2.35. The van der Waals surface area contributed by atoms with E-state index < -0.39 is 58.3 Å². The summed E-state index contributed by atoms with van der Waals surface area (Å²) in [6.45, 7) is 0. The van der Waals surface area contributed by atoms with Crippen LogP contribution >= 0.6 is 12.4 Å². The topological polar surface area (TPSA) is 158 Å². The van der Waals surface area contributed by atoms with Crippen molar-refractivity contribution in [2.75, 3.05) is 0 Å². The van der Waals surface area contributed by atoms with Crippen LogP contribution in [0.15, 0.2) is 23.8 Å². The fourth-order valence-corrected chi connectivity index (χ4v) is 4.92. The first-order valence-electron chi connectivity index (χ1n) is 8.66. The smallest absolute Gasteiger partial charge is 0.228 e. The average molecular weight is 410 g/mol. The molecule has 1 aromatic carbocycles. The van der Waals surface area contributed by atoms with E-state index >= 15 is 0 Å². The number of aliphatic hydroxyl groups excluding tert-OH is 2. The number of phenolic OH excluding ortho intramolecular Hbond substituents is 1. The number of phenols is 1. The Balaban J connectivity index is 0.00000225. The monoisotopic (exact) mass is 409 g/mol. The largest absolute Gasteiger partial charge is 0.507 e. The predicted molar refractivity (Wildman–Crippen MR) is 98.5 cm³/mol. The molecular formula is C19H20ClNO7. The number of aromatic hydroxyl groups is 1. The summed E-state index contributed by atoms with van der Waals surface area (Å²) in [5.74, 6) is -4.74. The Kier molecular flexibility index (Phi) is 4.57. The third-order valence-corrected chi connectivity index (χ3v) is 6.21. The van der Waals surface area contributed by atoms with Crippen molar-refractivity contribution in [1.29, 1.82) is 0 Å². The van der Waals surface area contributed by atoms with Crippen LogP contribution in [-0.4, -0.2) is 49.6 Å². The molecule has 0 spiro atoms. The van der Waals surface area contributed by atoms with Crippen molar-refractivity contribution in [3.63, 3.8) is 0 Å². The third-order valence-electron chi connectivity index (χ3n) is 6.21. The highest BCUT2D eigenvalue weighted by atomic mass is 35.5. The number of primary amides is 1. The molecule has 3 aliphatic rings. The quantitative estimate of drug-likeness (QED) is 0.413. The molecule has 0 heterocycles. The van der Waals surface area contributed by atoms with Gasteiger partial charge in [-0.3, -0.25) is 14.4 Å². The number of nitrogens with two attached hydrogens (primary N) is 1. The molecule has 3 aliphatic carbocycles. The van der Waals surface area contributed by atoms with Gasteiger partial charge in [-0.05, 0) is 30.9 Å². The molecule has 6 N–H and O–H groups in total. The number of Topliss-reactive ketones (excluding diaryl/α,β-unsaturated/α-hetero) is 2. The van der Waals surface area contributed by atoms with Crippen LogP contribution in [0.2, 0.25) is 0 Å². The van der Waals surface area contributed by atoms with Gasteiger partial charge in [0.15, 0.2) is 11.4 Å². The lowest BCUT2D eigenvalue weighted by Gasteiger charge is -2.51. The van der Waals surface area contributed by atoms with Crippen molar-refractivity contribution >= 4 is 35.6 Å². The number of hydrogen-bond acceptors (Lipinski definition) is 7. The number of aliphatic hydroxyl groups is 3. The summed E-state index contributed by atoms with van der Waals surface area (Å²) >= 11 is 0. The summed E-state index contributed by atoms with van der Waals surface area (Å²) in [6, 6.07) is 4.45. The number of ketones is 2. The standard InChI is InChI=1S/C19H19NO7.ClH/c20-17(26)18-6-8-2-1-3-11(22)13(8)15(24)14(18)16(25)19(27)9(7-18)4-10(21)5-12(19)23;/h1-3,9-10,21-22,24,27H,4-7H2,(H2,20,26);1H. The molecule has 150 valence electrons. The Hall–Kier alpha value is -2.42. The summed E-state index contributed by atoms with van der Waals surface area (Å²) in [6.07, 6.45) is -1.68. The first kappa shape index (κ1) is 20.3. The molecular weight excluding hydrogens is 390 g/mol. The molecule has 2 fully saturated rings. The maximum Gasteiger partial charge on any atom is 0.228 e. The maximum absolute atomic E-state index is 13.2. The summed E-state index contributed by atoms with van der Waals surface area (Å²) in [7, 11) is 0. The van der Waals surface area contributed by atoms with Gasteiger partial charge in [0.05, 0.1) is 22.7 Å². The lowest BCUT2D eigenvalue weighted by Crippen LogP contribution is -2.66. The molecule has 0 aromatic heterocycles. The highest BCUT2D eigenvalue weighted by Gasteiger charge is 2.66. The van der Waals surface area contributed by atoms with Crippen LogP contribution in [0.4, 0.5) is 0 Å². The highest BCUT2D eigenvalue weighted by Crippen LogP contribution is 2.56. The van der Waals surface area contributed by atoms with Crippen LogP contribution in [0.1, 0.15) is 30.4 Å². The van der Waals surface area contributed by atoms with E-state index in [1.165, 1.54) is 12.1 Å². The molecule has 1 amide bonds. The van der Waals surface area contributed by atoms with Crippen molar-refractivity contribution in [2.45, 2.75) is 37.4 Å². The normalized spacial score (nSPS) is 34.1. The van der Waals surface area contributed by atoms with Crippen LogP contribution in [0.3, 0.4) is 0 Å². The van der Waals surface area contributed by atoms with E-state index in [9.17, 15) is 34.8 Å². The number of hydrogen-bond donors (Lipinski definition) is 5. The Bertz CT molecular complexity index is 942. The van der Waals surface area contributed by atoms with Crippen molar-refractivity contribution in [3.05, 3.63) is 34.9 Å². The van der Waals surface area contributed by atoms with Gasteiger partial charge in [-0.15, -0.1) is 12.4 Å². The second-order valence-corrected chi connectivity index (χ2v) is 7.67. The highest BCUT2D eigenvalue weighted by molar-refractivity contribution is 6.24. The van der Waals surface area contributed by atoms with Crippen LogP contribution in [-0.2, 0) is 20.8 Å². The molecule has 9 heteroatoms. The molecule has 28 heavy (non-hydrogen) atoms. The second kappa shape index (κ2) is 6.30. The lowest BCUT2D eigenvalue weighted by molar-refractivity contribution is -0.171. The Morgan fingerprint density at radius 3 is 2.54 bits per heavy atom. The van der Waals surface area contributed by atoms with E-state index in [-0.39, 0.29) is 43.0 Å². The number of halogens is 1. The minimum atomic E-state index is -2.43. The molecule has 2 saturated carbocycles. The number of rotatable bonds is 1. The molecule has 4 rings (SSSR count). The number of carbonyl (C=O) groups is 3. The maximum atomic E-state index is 13.2. The van der Waals surface area contributed by atoms with Crippen LogP contribution in [0.5, 0.6) is 5.75 Å². The summed E-state index contributed by atoms with van der Waals surface area (Å²) in [4.78, 5) is 38.1. The average Bonchev–Trinajstić information content (AvgIpc) is 2.57. The Labute approximate surface area is 166 Å². The fraction of sp³-hybridized carbons (Fsp3) is 0.421. The van der Waals surface area contributed by atoms with E-state index in [0.29, 0.717) is 5.56 Å². The van der Waals surface area contributed by atoms with Crippen LogP contribution in [0, 0.1) is 11.3 Å². The zero-order chi connectivity index (χ0) is 19.7. The predicted octanol–water partition coefficient (Wildman–Crippen LogP) is 0.155. The zero-order valence-electron chi connectivity index (χ0n) is 14.7. The van der Waals surface area contributed by atoms with E-state index in [4.69, 9.17) is 5.73 Å². The van der Waals surface area contributed by atoms with Crippen molar-refractivity contribution in [3.8, 4) is 5.75 Å². The number of amides is 1. The molecule has 8 nitrogen and oxygen atoms in total. The summed E-state index contributed by atoms with van der Waals surface area (Å²) in [5, 5.41) is 41.8. The van der Waals surface area contributed by atoms with E-state index in [2.05, 4.69) is 0 Å². The fourth-order valence-electron chi connectivity index (χ4n) is 4.92. The van der Waals surface area contributed by atoms with Gasteiger partial charge in [-0.1, -0.05) is 12.1 Å². The van der Waals surface area contributed by atoms with Crippen molar-refractivity contribution in [2.24, 2.45) is 17.1 Å². The van der Waals surface area contributed by atoms with E-state index in [1.807, 2.05) is 0 Å². The van der Waals surface area contributed by atoms with Gasteiger partial charge in [0.2, 0.25) is 11.7 Å². The minimum absolute atomic E-state index is 0. The van der Waals surface area contributed by atoms with Crippen molar-refractivity contribution in [1.82, 2.24) is 0 Å². The SMILES string of the molecule is Cl.NC(=O)C12Cc3cccc(O)c3C(O)=C1C(=O)C1(O)C(=O)CC(O)CC1C2. The Morgan fingerprint density at radius 2 is 1.89 bits per heavy atom. The summed E-state index contributed by atoms with van der Waals surface area (Å²) in [5.41, 5.74) is 1.56. The van der Waals surface area contributed by atoms with Gasteiger partial charge < -0.3 is 26.2 Å². The summed E-state index contributed by atoms with van der Waals surface area (Å²) < 4.78 is 0. The van der Waals surface area contributed by atoms with Gasteiger partial charge in [-0.2, -0.15) is 0 Å². The molecule has 0 aliphatic heterocycles. The Morgan fingerprint density at radius 1 is 1.21 bits per heavy atom. The molecule has 4 unspecified atom stereocenters. The number of fused-ring (bicyclic) bond motifs is 3. The van der Waals surface area contributed by atoms with Crippen LogP contribution in [0.25, 0.3) is 5.76 Å². The number of carbonyl (C=O) groups excluding carboxylic acids is 3. The van der Waals surface area contributed by atoms with Gasteiger partial charge in [0, 0.05) is 12.3 Å². The minimum Gasteiger partial charge on any atom is -0.507 e. The van der Waals surface area contributed by atoms with Crippen molar-refractivity contribution < 1.29 is 34.8 Å². The first-order chi connectivity index (χ1) is 12.6. The van der Waals surface area contributed by atoms with E-state index in [0.717, 1.165) is 0 Å². The van der Waals surface area contributed by atoms with Gasteiger partial charge in [0.25, 0.3) is 0 Å². The molecule has 4 atom stereocenters. The van der Waals surface area contributed by atoms with Gasteiger partial charge >= 0.3 is 0 Å². The molecule has 0 bridgehead atoms. The zero-order valence-corrected chi connectivity index (χ0v) is 15.5. The number of benzene rings is 1. The second-order valence-electron chi connectivity index (χ2n) is 7.67. The molecule has 0 saturated heterocycles.